The van der Waals surface area contributed by atoms with Crippen molar-refractivity contribution < 1.29 is 13.6 Å². The number of fused-ring (bicyclic) bond motifs is 5. The Morgan fingerprint density at radius 3 is 1.33 bits per heavy atom. The van der Waals surface area contributed by atoms with Gasteiger partial charge in [-0.25, -0.2) is 0 Å². The Balaban J connectivity index is 1.26. The molecule has 0 heterocycles. The van der Waals surface area contributed by atoms with Crippen LogP contribution in [-0.4, -0.2) is 28.0 Å². The second kappa shape index (κ2) is 15.4. The van der Waals surface area contributed by atoms with Gasteiger partial charge in [0, 0.05) is 12.5 Å². The van der Waals surface area contributed by atoms with Crippen molar-refractivity contribution in [1.29, 1.82) is 0 Å². The van der Waals surface area contributed by atoms with Crippen molar-refractivity contribution in [2.75, 3.05) is 0 Å². The van der Waals surface area contributed by atoms with E-state index in [2.05, 4.69) is 196 Å². The minimum Gasteiger partial charge on any atom is -0.533 e. The lowest BCUT2D eigenvalue weighted by molar-refractivity contribution is -0.206. The molecule has 302 valence electrons. The number of allylic oxidation sites excluding steroid dienone is 1. The summed E-state index contributed by atoms with van der Waals surface area (Å²) in [4.78, 5) is 14.4. The van der Waals surface area contributed by atoms with Crippen molar-refractivity contribution in [3.05, 3.63) is 194 Å². The molecule has 3 saturated carbocycles. The zero-order valence-electron chi connectivity index (χ0n) is 35.0. The number of carbonyl (C=O) groups excluding carboxylic acids is 1. The van der Waals surface area contributed by atoms with Crippen LogP contribution in [0.2, 0.25) is 0 Å². The lowest BCUT2D eigenvalue weighted by atomic mass is 9.43. The van der Waals surface area contributed by atoms with Crippen LogP contribution in [0.3, 0.4) is 0 Å². The Labute approximate surface area is 358 Å². The molecule has 3 fully saturated rings. The fourth-order valence-corrected chi connectivity index (χ4v) is 21.1. The molecule has 4 aliphatic carbocycles. The molecule has 0 spiro atoms. The van der Waals surface area contributed by atoms with Gasteiger partial charge < -0.3 is 8.85 Å². The highest BCUT2D eigenvalue weighted by atomic mass is 28.4. The summed E-state index contributed by atoms with van der Waals surface area (Å²) >= 11 is 0. The lowest BCUT2D eigenvalue weighted by Crippen LogP contribution is -2.78. The topological polar surface area (TPSA) is 35.5 Å². The molecular formula is C55H56O3Si2. The zero-order valence-corrected chi connectivity index (χ0v) is 37.0. The van der Waals surface area contributed by atoms with Crippen molar-refractivity contribution in [3.8, 4) is 0 Å². The Hall–Kier alpha value is -5.08. The molecule has 0 amide bonds. The average molecular weight is 821 g/mol. The van der Waals surface area contributed by atoms with Crippen LogP contribution >= 0.6 is 0 Å². The van der Waals surface area contributed by atoms with Crippen LogP contribution in [0.25, 0.3) is 0 Å². The Morgan fingerprint density at radius 2 is 0.900 bits per heavy atom. The largest absolute Gasteiger partial charge is 0.533 e. The predicted molar refractivity (Wildman–Crippen MR) is 250 cm³/mol. The van der Waals surface area contributed by atoms with E-state index in [1.54, 1.807) is 0 Å². The van der Waals surface area contributed by atoms with Gasteiger partial charge in [0.15, 0.2) is 5.78 Å². The summed E-state index contributed by atoms with van der Waals surface area (Å²) in [5.74, 6) is 1.88. The maximum absolute atomic E-state index is 14.4. The van der Waals surface area contributed by atoms with Crippen LogP contribution < -0.4 is 31.1 Å². The molecule has 6 aromatic carbocycles. The van der Waals surface area contributed by atoms with Crippen LogP contribution in [-0.2, 0) is 13.6 Å². The lowest BCUT2D eigenvalue weighted by Gasteiger charge is -2.68. The summed E-state index contributed by atoms with van der Waals surface area (Å²) in [5.41, 5.74) is -0.973. The zero-order chi connectivity index (χ0) is 40.8. The van der Waals surface area contributed by atoms with Crippen molar-refractivity contribution in [1.82, 2.24) is 0 Å². The van der Waals surface area contributed by atoms with Gasteiger partial charge in [-0.15, -0.1) is 0 Å². The van der Waals surface area contributed by atoms with Crippen molar-refractivity contribution in [2.24, 2.45) is 28.6 Å². The summed E-state index contributed by atoms with van der Waals surface area (Å²) in [6, 6.07) is 66.0. The van der Waals surface area contributed by atoms with E-state index in [0.29, 0.717) is 18.3 Å². The summed E-state index contributed by atoms with van der Waals surface area (Å²) in [7, 11) is -6.58. The molecular weight excluding hydrogens is 765 g/mol. The summed E-state index contributed by atoms with van der Waals surface area (Å²) in [6.45, 7) is 5.06. The van der Waals surface area contributed by atoms with Gasteiger partial charge in [-0.2, -0.15) is 0 Å². The summed E-state index contributed by atoms with van der Waals surface area (Å²) in [5, 5.41) is 7.25. The van der Waals surface area contributed by atoms with E-state index in [1.807, 2.05) is 6.08 Å². The van der Waals surface area contributed by atoms with E-state index in [0.717, 1.165) is 47.0 Å². The molecule has 0 aliphatic heterocycles. The Morgan fingerprint density at radius 1 is 0.483 bits per heavy atom. The van der Waals surface area contributed by atoms with E-state index >= 15 is 0 Å². The normalized spacial score (nSPS) is 27.5. The monoisotopic (exact) mass is 820 g/mol. The second-order valence-electron chi connectivity index (χ2n) is 18.6. The number of carbonyl (C=O) groups is 1. The molecule has 0 saturated heterocycles. The molecule has 60 heavy (non-hydrogen) atoms. The van der Waals surface area contributed by atoms with Crippen molar-refractivity contribution in [3.63, 3.8) is 0 Å². The average Bonchev–Trinajstić information content (AvgIpc) is 3.71. The number of ketones is 1. The maximum atomic E-state index is 14.4. The number of hydrogen-bond acceptors (Lipinski definition) is 3. The smallest absolute Gasteiger partial charge is 0.346 e. The number of rotatable bonds is 10. The predicted octanol–water partition coefficient (Wildman–Crippen LogP) is 8.58. The fourth-order valence-electron chi connectivity index (χ4n) is 12.8. The minimum absolute atomic E-state index is 0.0649. The molecule has 5 heteroatoms. The van der Waals surface area contributed by atoms with E-state index in [4.69, 9.17) is 8.85 Å². The van der Waals surface area contributed by atoms with Crippen LogP contribution in [0.15, 0.2) is 194 Å². The molecule has 0 radical (unpaired) electrons. The second-order valence-corrected chi connectivity index (χ2v) is 25.2. The van der Waals surface area contributed by atoms with E-state index in [-0.39, 0.29) is 17.1 Å². The molecule has 6 aromatic rings. The van der Waals surface area contributed by atoms with E-state index in [9.17, 15) is 4.79 Å². The first-order valence-corrected chi connectivity index (χ1v) is 26.1. The Kier molecular flexibility index (Phi) is 10.1. The van der Waals surface area contributed by atoms with Crippen LogP contribution in [0.5, 0.6) is 0 Å². The molecule has 3 nitrogen and oxygen atoms in total. The van der Waals surface area contributed by atoms with Gasteiger partial charge in [0.25, 0.3) is 8.32 Å². The molecule has 1 unspecified atom stereocenters. The molecule has 6 atom stereocenters. The first-order valence-electron chi connectivity index (χ1n) is 22.3. The third-order valence-electron chi connectivity index (χ3n) is 15.8. The quantitative estimate of drug-likeness (QED) is 0.103. The van der Waals surface area contributed by atoms with Gasteiger partial charge in [0.05, 0.1) is 16.8 Å². The van der Waals surface area contributed by atoms with Gasteiger partial charge in [0.2, 0.25) is 0 Å². The van der Waals surface area contributed by atoms with E-state index < -0.39 is 27.7 Å². The standard InChI is InChI=1S/C55H56O3Si2/c1-53-37-21-34-50(53)51-36-35-42-40-43(56)41-52(57-59(44-22-9-3-10-23-44,45-24-11-4-12-25-45)46-26-13-5-14-27-46)54(42,2)55(51,39-38-53)58-60(47-28-15-6-16-29-47,48-30-17-7-18-31-48)49-32-19-8-20-33-49/h3-20,22-33,41-42,50-51H,21,34-40H2,1-2H3/t42-,50-,51-,53-,54+,55?/m0/s1. The molecule has 0 aromatic heterocycles. The molecule has 0 bridgehead atoms. The van der Waals surface area contributed by atoms with Crippen LogP contribution in [0.4, 0.5) is 0 Å². The van der Waals surface area contributed by atoms with Crippen molar-refractivity contribution >= 4 is 53.5 Å². The molecule has 0 N–H and O–H groups in total. The Bertz CT molecular complexity index is 2270. The fraction of sp³-hybridized carbons (Fsp3) is 0.291. The van der Waals surface area contributed by atoms with E-state index in [1.165, 1.54) is 34.8 Å². The summed E-state index contributed by atoms with van der Waals surface area (Å²) in [6.07, 6.45) is 10.3. The van der Waals surface area contributed by atoms with Gasteiger partial charge in [0.1, 0.15) is 0 Å². The number of hydrogen-bond donors (Lipinski definition) is 0. The molecule has 10 rings (SSSR count). The first kappa shape index (κ1) is 39.1. The summed E-state index contributed by atoms with van der Waals surface area (Å²) < 4.78 is 17.1. The van der Waals surface area contributed by atoms with Gasteiger partial charge in [-0.05, 0) is 99.7 Å². The van der Waals surface area contributed by atoms with Crippen molar-refractivity contribution in [2.45, 2.75) is 70.8 Å². The highest BCUT2D eigenvalue weighted by Crippen LogP contribution is 2.70. The highest BCUT2D eigenvalue weighted by Gasteiger charge is 2.71. The molecule has 4 aliphatic rings. The van der Waals surface area contributed by atoms with Gasteiger partial charge in [-0.3, -0.25) is 4.79 Å². The van der Waals surface area contributed by atoms with Crippen LogP contribution in [0, 0.1) is 28.6 Å². The number of benzene rings is 6. The third-order valence-corrected chi connectivity index (χ3v) is 23.8. The van der Waals surface area contributed by atoms with Gasteiger partial charge in [-0.1, -0.05) is 195 Å². The minimum atomic E-state index is -3.31. The third kappa shape index (κ3) is 6.02. The SMILES string of the molecule is C[C@@]12CCC[C@H]1[C@@H]1CC[C@H]3CC(=O)C=C(O[Si](c4ccccc4)(c4ccccc4)c4ccccc4)[C@]3(C)C1(O[Si](c1ccccc1)(c1ccccc1)c1ccccc1)CC2. The first-order chi connectivity index (χ1) is 29.3. The highest BCUT2D eigenvalue weighted by molar-refractivity contribution is 7.07. The van der Waals surface area contributed by atoms with Crippen LogP contribution in [0.1, 0.15) is 65.2 Å². The van der Waals surface area contributed by atoms with Gasteiger partial charge >= 0.3 is 8.32 Å². The maximum Gasteiger partial charge on any atom is 0.346 e.